The lowest BCUT2D eigenvalue weighted by Crippen LogP contribution is -2.23. The van der Waals surface area contributed by atoms with E-state index in [4.69, 9.17) is 21.1 Å². The van der Waals surface area contributed by atoms with Gasteiger partial charge in [0.2, 0.25) is 10.0 Å². The number of halogens is 1. The average Bonchev–Trinajstić information content (AvgIpc) is 2.52. The molecule has 2 aromatic carbocycles. The highest BCUT2D eigenvalue weighted by molar-refractivity contribution is 7.89. The summed E-state index contributed by atoms with van der Waals surface area (Å²) >= 11 is 5.88. The van der Waals surface area contributed by atoms with Gasteiger partial charge < -0.3 is 9.47 Å². The summed E-state index contributed by atoms with van der Waals surface area (Å²) in [5.74, 6) is 0.739. The quantitative estimate of drug-likeness (QED) is 0.877. The molecule has 0 radical (unpaired) electrons. The highest BCUT2D eigenvalue weighted by Crippen LogP contribution is 2.28. The van der Waals surface area contributed by atoms with Crippen LogP contribution in [-0.4, -0.2) is 22.6 Å². The van der Waals surface area contributed by atoms with Crippen LogP contribution in [0.3, 0.4) is 0 Å². The Morgan fingerprint density at radius 2 is 1.86 bits per heavy atom. The van der Waals surface area contributed by atoms with Crippen LogP contribution in [0.2, 0.25) is 5.02 Å². The molecule has 2 rings (SSSR count). The first kappa shape index (κ1) is 16.6. The first-order chi connectivity index (χ1) is 10.5. The second-order valence-corrected chi connectivity index (χ2v) is 6.64. The number of ether oxygens (including phenoxy) is 2. The topological polar surface area (TPSA) is 64.6 Å². The van der Waals surface area contributed by atoms with Gasteiger partial charge in [-0.3, -0.25) is 0 Å². The molecular formula is C15H16ClNO4S. The third-order valence-corrected chi connectivity index (χ3v) is 4.69. The summed E-state index contributed by atoms with van der Waals surface area (Å²) in [5, 5.41) is 0.554. The Hall–Kier alpha value is -1.76. The van der Waals surface area contributed by atoms with Gasteiger partial charge in [0.05, 0.1) is 14.2 Å². The molecule has 0 aliphatic heterocycles. The highest BCUT2D eigenvalue weighted by atomic mass is 35.5. The van der Waals surface area contributed by atoms with Gasteiger partial charge in [-0.05, 0) is 29.8 Å². The second kappa shape index (κ2) is 7.00. The summed E-state index contributed by atoms with van der Waals surface area (Å²) < 4.78 is 37.5. The van der Waals surface area contributed by atoms with Crippen molar-refractivity contribution in [2.75, 3.05) is 14.2 Å². The Morgan fingerprint density at radius 3 is 2.50 bits per heavy atom. The summed E-state index contributed by atoms with van der Waals surface area (Å²) in [5.41, 5.74) is 0.767. The molecule has 5 nitrogen and oxygen atoms in total. The molecule has 2 aromatic rings. The van der Waals surface area contributed by atoms with Crippen LogP contribution in [0.1, 0.15) is 5.56 Å². The fourth-order valence-electron chi connectivity index (χ4n) is 1.90. The summed E-state index contributed by atoms with van der Waals surface area (Å²) in [7, 11) is -0.805. The van der Waals surface area contributed by atoms with Crippen molar-refractivity contribution in [3.05, 3.63) is 53.1 Å². The Kier molecular flexibility index (Phi) is 5.28. The molecule has 1 N–H and O–H groups in total. The van der Waals surface area contributed by atoms with Crippen molar-refractivity contribution in [1.29, 1.82) is 0 Å². The molecule has 0 saturated carbocycles. The number of hydrogen-bond donors (Lipinski definition) is 1. The monoisotopic (exact) mass is 341 g/mol. The normalized spacial score (nSPS) is 11.2. The van der Waals surface area contributed by atoms with E-state index in [2.05, 4.69) is 4.72 Å². The molecule has 0 atom stereocenters. The smallest absolute Gasteiger partial charge is 0.244 e. The summed E-state index contributed by atoms with van der Waals surface area (Å²) in [6.07, 6.45) is 0. The molecule has 0 spiro atoms. The van der Waals surface area contributed by atoms with Gasteiger partial charge >= 0.3 is 0 Å². The van der Waals surface area contributed by atoms with Gasteiger partial charge in [-0.15, -0.1) is 0 Å². The summed E-state index contributed by atoms with van der Waals surface area (Å²) in [6, 6.07) is 11.5. The third-order valence-electron chi connectivity index (χ3n) is 3.02. The van der Waals surface area contributed by atoms with Crippen LogP contribution in [0, 0.1) is 0 Å². The Labute approximate surface area is 134 Å². The van der Waals surface area contributed by atoms with E-state index in [1.54, 1.807) is 30.3 Å². The maximum atomic E-state index is 12.4. The molecule has 0 aliphatic rings. The highest BCUT2D eigenvalue weighted by Gasteiger charge is 2.19. The summed E-state index contributed by atoms with van der Waals surface area (Å²) in [6.45, 7) is 0.137. The van der Waals surface area contributed by atoms with Gasteiger partial charge in [-0.1, -0.05) is 23.7 Å². The maximum absolute atomic E-state index is 12.4. The van der Waals surface area contributed by atoms with Crippen molar-refractivity contribution >= 4 is 21.6 Å². The van der Waals surface area contributed by atoms with Crippen molar-refractivity contribution in [3.8, 4) is 11.5 Å². The van der Waals surface area contributed by atoms with Crippen LogP contribution >= 0.6 is 11.6 Å². The maximum Gasteiger partial charge on any atom is 0.244 e. The van der Waals surface area contributed by atoms with E-state index >= 15 is 0 Å². The van der Waals surface area contributed by atoms with Crippen molar-refractivity contribution in [3.63, 3.8) is 0 Å². The zero-order chi connectivity index (χ0) is 16.2. The number of nitrogens with one attached hydrogen (secondary N) is 1. The van der Waals surface area contributed by atoms with E-state index in [0.29, 0.717) is 10.8 Å². The van der Waals surface area contributed by atoms with E-state index in [1.165, 1.54) is 26.4 Å². The standard InChI is InChI=1S/C15H16ClNO4S/c1-20-13-6-7-15(14(9-13)21-2)22(18,19)17-10-11-4-3-5-12(16)8-11/h3-9,17H,10H2,1-2H3. The molecule has 0 heterocycles. The summed E-state index contributed by atoms with van der Waals surface area (Å²) in [4.78, 5) is 0.0535. The molecule has 0 aromatic heterocycles. The minimum Gasteiger partial charge on any atom is -0.497 e. The lowest BCUT2D eigenvalue weighted by Gasteiger charge is -2.12. The van der Waals surface area contributed by atoms with Crippen LogP contribution in [0.25, 0.3) is 0 Å². The molecule has 118 valence electrons. The number of benzene rings is 2. The SMILES string of the molecule is COc1ccc(S(=O)(=O)NCc2cccc(Cl)c2)c(OC)c1. The van der Waals surface area contributed by atoms with Crippen LogP contribution in [0.4, 0.5) is 0 Å². The second-order valence-electron chi connectivity index (χ2n) is 4.47. The fourth-order valence-corrected chi connectivity index (χ4v) is 3.28. The minimum atomic E-state index is -3.71. The van der Waals surface area contributed by atoms with E-state index in [0.717, 1.165) is 5.56 Å². The van der Waals surface area contributed by atoms with Gasteiger partial charge in [-0.2, -0.15) is 0 Å². The van der Waals surface area contributed by atoms with Crippen molar-refractivity contribution in [2.24, 2.45) is 0 Å². The van der Waals surface area contributed by atoms with Gasteiger partial charge in [0.15, 0.2) is 0 Å². The number of rotatable bonds is 6. The van der Waals surface area contributed by atoms with Gasteiger partial charge in [0.25, 0.3) is 0 Å². The first-order valence-corrected chi connectivity index (χ1v) is 8.28. The van der Waals surface area contributed by atoms with E-state index in [-0.39, 0.29) is 17.2 Å². The molecular weight excluding hydrogens is 326 g/mol. The predicted molar refractivity (Wildman–Crippen MR) is 85.0 cm³/mol. The lowest BCUT2D eigenvalue weighted by molar-refractivity contribution is 0.386. The minimum absolute atomic E-state index is 0.0535. The number of hydrogen-bond acceptors (Lipinski definition) is 4. The molecule has 0 amide bonds. The van der Waals surface area contributed by atoms with Crippen molar-refractivity contribution in [1.82, 2.24) is 4.72 Å². The predicted octanol–water partition coefficient (Wildman–Crippen LogP) is 2.84. The molecule has 0 unspecified atom stereocenters. The van der Waals surface area contributed by atoms with Gasteiger partial charge in [-0.25, -0.2) is 13.1 Å². The van der Waals surface area contributed by atoms with Crippen molar-refractivity contribution < 1.29 is 17.9 Å². The third kappa shape index (κ3) is 3.91. The molecule has 0 fully saturated rings. The van der Waals surface area contributed by atoms with Crippen LogP contribution in [0.5, 0.6) is 11.5 Å². The average molecular weight is 342 g/mol. The van der Waals surface area contributed by atoms with Crippen LogP contribution < -0.4 is 14.2 Å². The van der Waals surface area contributed by atoms with E-state index < -0.39 is 10.0 Å². The molecule has 0 aliphatic carbocycles. The lowest BCUT2D eigenvalue weighted by atomic mass is 10.2. The molecule has 0 bridgehead atoms. The zero-order valence-electron chi connectivity index (χ0n) is 12.2. The van der Waals surface area contributed by atoms with Gasteiger partial charge in [0.1, 0.15) is 16.4 Å². The van der Waals surface area contributed by atoms with Crippen LogP contribution in [-0.2, 0) is 16.6 Å². The largest absolute Gasteiger partial charge is 0.497 e. The number of sulfonamides is 1. The fraction of sp³-hybridized carbons (Fsp3) is 0.200. The molecule has 7 heteroatoms. The first-order valence-electron chi connectivity index (χ1n) is 6.42. The van der Waals surface area contributed by atoms with Crippen molar-refractivity contribution in [2.45, 2.75) is 11.4 Å². The Bertz CT molecular complexity index is 762. The molecule has 22 heavy (non-hydrogen) atoms. The number of methoxy groups -OCH3 is 2. The van der Waals surface area contributed by atoms with Gasteiger partial charge in [0, 0.05) is 17.6 Å². The van der Waals surface area contributed by atoms with E-state index in [9.17, 15) is 8.42 Å². The Balaban J connectivity index is 2.23. The van der Waals surface area contributed by atoms with E-state index in [1.807, 2.05) is 0 Å². The Morgan fingerprint density at radius 1 is 1.09 bits per heavy atom. The molecule has 0 saturated heterocycles. The zero-order valence-corrected chi connectivity index (χ0v) is 13.7. The van der Waals surface area contributed by atoms with Crippen LogP contribution in [0.15, 0.2) is 47.4 Å².